The zero-order chi connectivity index (χ0) is 9.68. The fraction of sp³-hybridized carbons (Fsp3) is 0.222. The minimum atomic E-state index is -0.379. The highest BCUT2D eigenvalue weighted by Gasteiger charge is 2.08. The van der Waals surface area contributed by atoms with Gasteiger partial charge in [0.05, 0.1) is 12.6 Å². The minimum Gasteiger partial charge on any atom is -0.394 e. The summed E-state index contributed by atoms with van der Waals surface area (Å²) < 4.78 is 0. The Morgan fingerprint density at radius 2 is 2.38 bits per heavy atom. The summed E-state index contributed by atoms with van der Waals surface area (Å²) in [6.45, 7) is -0.140. The largest absolute Gasteiger partial charge is 0.394 e. The van der Waals surface area contributed by atoms with Crippen molar-refractivity contribution in [2.45, 2.75) is 6.04 Å². The van der Waals surface area contributed by atoms with Crippen molar-refractivity contribution >= 4 is 18.0 Å². The fourth-order valence-corrected chi connectivity index (χ4v) is 1.26. The fourth-order valence-electron chi connectivity index (χ4n) is 1.06. The molecule has 2 N–H and O–H groups in total. The normalized spacial score (nSPS) is 12.2. The predicted octanol–water partition coefficient (Wildman–Crippen LogP) is 1.12. The molecule has 1 aromatic carbocycles. The Labute approximate surface area is 81.3 Å². The SMILES string of the molecule is O=CN[C@H](CO)c1cccc(Cl)c1. The molecular formula is C9H10ClNO2. The van der Waals surface area contributed by atoms with Gasteiger partial charge in [0.15, 0.2) is 0 Å². The average molecular weight is 200 g/mol. The van der Waals surface area contributed by atoms with Crippen molar-refractivity contribution in [3.05, 3.63) is 34.9 Å². The van der Waals surface area contributed by atoms with E-state index in [1.165, 1.54) is 0 Å². The van der Waals surface area contributed by atoms with Gasteiger partial charge in [-0.1, -0.05) is 23.7 Å². The third-order valence-corrected chi connectivity index (χ3v) is 1.94. The van der Waals surface area contributed by atoms with Gasteiger partial charge < -0.3 is 10.4 Å². The molecule has 0 bridgehead atoms. The number of benzene rings is 1. The third kappa shape index (κ3) is 2.72. The first kappa shape index (κ1) is 10.0. The van der Waals surface area contributed by atoms with Crippen molar-refractivity contribution in [3.63, 3.8) is 0 Å². The number of aliphatic hydroxyl groups excluding tert-OH is 1. The second kappa shape index (κ2) is 4.84. The molecule has 0 aromatic heterocycles. The van der Waals surface area contributed by atoms with E-state index < -0.39 is 0 Å². The number of carbonyl (C=O) groups is 1. The van der Waals surface area contributed by atoms with E-state index >= 15 is 0 Å². The molecule has 13 heavy (non-hydrogen) atoms. The molecule has 0 aliphatic heterocycles. The van der Waals surface area contributed by atoms with Gasteiger partial charge in [-0.05, 0) is 17.7 Å². The monoisotopic (exact) mass is 199 g/mol. The summed E-state index contributed by atoms with van der Waals surface area (Å²) >= 11 is 5.75. The van der Waals surface area contributed by atoms with Gasteiger partial charge in [0, 0.05) is 5.02 Å². The molecule has 0 unspecified atom stereocenters. The van der Waals surface area contributed by atoms with Crippen LogP contribution in [0, 0.1) is 0 Å². The molecule has 1 amide bonds. The Hall–Kier alpha value is -1.06. The van der Waals surface area contributed by atoms with Crippen molar-refractivity contribution in [2.24, 2.45) is 0 Å². The van der Waals surface area contributed by atoms with E-state index in [0.29, 0.717) is 11.4 Å². The van der Waals surface area contributed by atoms with Crippen LogP contribution < -0.4 is 5.32 Å². The quantitative estimate of drug-likeness (QED) is 0.714. The minimum absolute atomic E-state index is 0.140. The Kier molecular flexibility index (Phi) is 3.73. The van der Waals surface area contributed by atoms with Gasteiger partial charge >= 0.3 is 0 Å². The molecule has 70 valence electrons. The van der Waals surface area contributed by atoms with Crippen molar-refractivity contribution in [1.29, 1.82) is 0 Å². The lowest BCUT2D eigenvalue weighted by Gasteiger charge is -2.13. The molecule has 4 heteroatoms. The maximum absolute atomic E-state index is 10.2. The van der Waals surface area contributed by atoms with Gasteiger partial charge in [0.1, 0.15) is 0 Å². The molecule has 0 saturated carbocycles. The van der Waals surface area contributed by atoms with E-state index in [0.717, 1.165) is 5.56 Å². The van der Waals surface area contributed by atoms with E-state index in [-0.39, 0.29) is 12.6 Å². The maximum Gasteiger partial charge on any atom is 0.207 e. The number of hydrogen-bond acceptors (Lipinski definition) is 2. The molecule has 3 nitrogen and oxygen atoms in total. The smallest absolute Gasteiger partial charge is 0.207 e. The van der Waals surface area contributed by atoms with Gasteiger partial charge in [-0.25, -0.2) is 0 Å². The van der Waals surface area contributed by atoms with E-state index in [1.54, 1.807) is 24.3 Å². The molecule has 0 aliphatic rings. The molecule has 1 atom stereocenters. The number of nitrogens with one attached hydrogen (secondary N) is 1. The second-order valence-electron chi connectivity index (χ2n) is 2.57. The molecular weight excluding hydrogens is 190 g/mol. The number of halogens is 1. The topological polar surface area (TPSA) is 49.3 Å². The van der Waals surface area contributed by atoms with Gasteiger partial charge in [0.2, 0.25) is 6.41 Å². The first-order valence-corrected chi connectivity index (χ1v) is 4.21. The highest BCUT2D eigenvalue weighted by molar-refractivity contribution is 6.30. The van der Waals surface area contributed by atoms with Crippen LogP contribution in [0.4, 0.5) is 0 Å². The highest BCUT2D eigenvalue weighted by atomic mass is 35.5. The van der Waals surface area contributed by atoms with E-state index in [9.17, 15) is 4.79 Å². The van der Waals surface area contributed by atoms with Crippen LogP contribution >= 0.6 is 11.6 Å². The van der Waals surface area contributed by atoms with Crippen molar-refractivity contribution in [1.82, 2.24) is 5.32 Å². The lowest BCUT2D eigenvalue weighted by atomic mass is 10.1. The molecule has 0 spiro atoms. The average Bonchev–Trinajstić information content (AvgIpc) is 2.14. The Bertz CT molecular complexity index is 291. The summed E-state index contributed by atoms with van der Waals surface area (Å²) in [4.78, 5) is 10.2. The standard InChI is InChI=1S/C9H10ClNO2/c10-8-3-1-2-7(4-8)9(5-12)11-6-13/h1-4,6,9,12H,5H2,(H,11,13)/t9-/m1/s1. The number of carbonyl (C=O) groups excluding carboxylic acids is 1. The van der Waals surface area contributed by atoms with Crippen LogP contribution in [0.2, 0.25) is 5.02 Å². The molecule has 1 aromatic rings. The van der Waals surface area contributed by atoms with E-state index in [4.69, 9.17) is 16.7 Å². The Morgan fingerprint density at radius 1 is 1.62 bits per heavy atom. The van der Waals surface area contributed by atoms with Crippen molar-refractivity contribution in [3.8, 4) is 0 Å². The summed E-state index contributed by atoms with van der Waals surface area (Å²) in [5.74, 6) is 0. The van der Waals surface area contributed by atoms with Gasteiger partial charge in [0.25, 0.3) is 0 Å². The summed E-state index contributed by atoms with van der Waals surface area (Å²) in [5, 5.41) is 12.0. The number of hydrogen-bond donors (Lipinski definition) is 2. The number of aliphatic hydroxyl groups is 1. The first-order chi connectivity index (χ1) is 6.27. The summed E-state index contributed by atoms with van der Waals surface area (Å²) in [6, 6.07) is 6.63. The highest BCUT2D eigenvalue weighted by Crippen LogP contribution is 2.16. The maximum atomic E-state index is 10.2. The molecule has 0 radical (unpaired) electrons. The van der Waals surface area contributed by atoms with Crippen LogP contribution in [0.1, 0.15) is 11.6 Å². The van der Waals surface area contributed by atoms with Crippen LogP contribution in [0.3, 0.4) is 0 Å². The van der Waals surface area contributed by atoms with Crippen LogP contribution in [-0.2, 0) is 4.79 Å². The molecule has 1 rings (SSSR count). The van der Waals surface area contributed by atoms with Gasteiger partial charge in [-0.2, -0.15) is 0 Å². The lowest BCUT2D eigenvalue weighted by Crippen LogP contribution is -2.22. The van der Waals surface area contributed by atoms with E-state index in [2.05, 4.69) is 5.32 Å². The zero-order valence-electron chi connectivity index (χ0n) is 6.90. The van der Waals surface area contributed by atoms with Gasteiger partial charge in [-0.3, -0.25) is 4.79 Å². The van der Waals surface area contributed by atoms with Crippen molar-refractivity contribution in [2.75, 3.05) is 6.61 Å². The summed E-state index contributed by atoms with van der Waals surface area (Å²) in [7, 11) is 0. The molecule has 0 aliphatic carbocycles. The van der Waals surface area contributed by atoms with Crippen LogP contribution in [0.5, 0.6) is 0 Å². The molecule has 0 saturated heterocycles. The van der Waals surface area contributed by atoms with Crippen LogP contribution in [0.15, 0.2) is 24.3 Å². The zero-order valence-corrected chi connectivity index (χ0v) is 7.66. The summed E-state index contributed by atoms with van der Waals surface area (Å²) in [5.41, 5.74) is 0.794. The summed E-state index contributed by atoms with van der Waals surface area (Å²) in [6.07, 6.45) is 0.557. The molecule has 0 fully saturated rings. The van der Waals surface area contributed by atoms with Crippen molar-refractivity contribution < 1.29 is 9.90 Å². The number of amides is 1. The first-order valence-electron chi connectivity index (χ1n) is 3.84. The second-order valence-corrected chi connectivity index (χ2v) is 3.01. The third-order valence-electron chi connectivity index (χ3n) is 1.70. The predicted molar refractivity (Wildman–Crippen MR) is 50.5 cm³/mol. The Balaban J connectivity index is 2.84. The number of rotatable bonds is 4. The van der Waals surface area contributed by atoms with Crippen LogP contribution in [-0.4, -0.2) is 18.1 Å². The lowest BCUT2D eigenvalue weighted by molar-refractivity contribution is -0.110. The Morgan fingerprint density at radius 3 is 2.92 bits per heavy atom. The van der Waals surface area contributed by atoms with Crippen LogP contribution in [0.25, 0.3) is 0 Å². The van der Waals surface area contributed by atoms with Gasteiger partial charge in [-0.15, -0.1) is 0 Å². The molecule has 0 heterocycles. The van der Waals surface area contributed by atoms with E-state index in [1.807, 2.05) is 0 Å².